The van der Waals surface area contributed by atoms with Gasteiger partial charge in [0.25, 0.3) is 0 Å². The van der Waals surface area contributed by atoms with Crippen molar-refractivity contribution >= 4 is 21.3 Å². The van der Waals surface area contributed by atoms with Gasteiger partial charge in [0, 0.05) is 0 Å². The first-order valence-electron chi connectivity index (χ1n) is 10.1. The Bertz CT molecular complexity index is 876. The van der Waals surface area contributed by atoms with Gasteiger partial charge in [0.05, 0.1) is 16.1 Å². The fraction of sp³-hybridized carbons (Fsp3) is 0.280. The largest absolute Gasteiger partial charge is 0.0922 e. The van der Waals surface area contributed by atoms with Crippen LogP contribution < -0.4 is 5.19 Å². The van der Waals surface area contributed by atoms with Crippen LogP contribution in [-0.2, 0) is 24.2 Å². The zero-order valence-corrected chi connectivity index (χ0v) is 18.8. The molecule has 3 aromatic carbocycles. The lowest BCUT2D eigenvalue weighted by Gasteiger charge is -2.21. The molecule has 0 aromatic heterocycles. The third-order valence-corrected chi connectivity index (χ3v) is 12.9. The zero-order valence-electron chi connectivity index (χ0n) is 16.8. The van der Waals surface area contributed by atoms with Gasteiger partial charge in [-0.3, -0.25) is 0 Å². The molecule has 0 N–H and O–H groups in total. The highest BCUT2D eigenvalue weighted by Gasteiger charge is 2.36. The second kappa shape index (κ2) is 7.25. The molecule has 0 aliphatic carbocycles. The van der Waals surface area contributed by atoms with E-state index in [0.717, 1.165) is 0 Å². The van der Waals surface area contributed by atoms with Crippen molar-refractivity contribution in [3.63, 3.8) is 0 Å². The third kappa shape index (κ3) is 4.02. The van der Waals surface area contributed by atoms with E-state index in [1.165, 1.54) is 24.2 Å². The molecule has 3 aromatic rings. The summed E-state index contributed by atoms with van der Waals surface area (Å²) < 4.78 is 0. The number of rotatable bonds is 1. The molecule has 0 atom stereocenters. The van der Waals surface area contributed by atoms with E-state index in [1.807, 2.05) is 0 Å². The van der Waals surface area contributed by atoms with Crippen molar-refractivity contribution in [1.82, 2.24) is 0 Å². The van der Waals surface area contributed by atoms with Gasteiger partial charge in [-0.15, -0.1) is 0 Å². The molecule has 0 amide bonds. The number of hydrogen-bond acceptors (Lipinski definition) is 0. The van der Waals surface area contributed by atoms with Crippen molar-refractivity contribution in [1.29, 1.82) is 0 Å². The van der Waals surface area contributed by atoms with Crippen molar-refractivity contribution in [3.05, 3.63) is 101 Å². The molecule has 2 heteroatoms. The number of fused-ring (bicyclic) bond motifs is 2. The summed E-state index contributed by atoms with van der Waals surface area (Å²) in [5.41, 5.74) is 6.40. The Morgan fingerprint density at radius 2 is 0.852 bits per heavy atom. The molecule has 0 saturated carbocycles. The van der Waals surface area contributed by atoms with E-state index in [-0.39, 0.29) is 0 Å². The summed E-state index contributed by atoms with van der Waals surface area (Å²) in [6.07, 6.45) is 0. The van der Waals surface area contributed by atoms with Crippen molar-refractivity contribution in [3.8, 4) is 0 Å². The minimum absolute atomic E-state index is 0.845. The second-order valence-electron chi connectivity index (χ2n) is 9.34. The molecule has 2 heterocycles. The number of benzene rings is 3. The van der Waals surface area contributed by atoms with E-state index in [1.54, 1.807) is 27.4 Å². The quantitative estimate of drug-likeness (QED) is 0.490. The topological polar surface area (TPSA) is 0 Å². The minimum Gasteiger partial charge on any atom is -0.0689 e. The molecule has 0 unspecified atom stereocenters. The Kier molecular flexibility index (Phi) is 4.96. The Morgan fingerprint density at radius 1 is 0.481 bits per heavy atom. The van der Waals surface area contributed by atoms with E-state index in [4.69, 9.17) is 0 Å². The molecule has 2 aliphatic rings. The van der Waals surface area contributed by atoms with Gasteiger partial charge in [0.1, 0.15) is 0 Å². The van der Waals surface area contributed by atoms with Crippen LogP contribution in [0.25, 0.3) is 0 Å². The normalized spacial score (nSPS) is 18.2. The first-order chi connectivity index (χ1) is 13.0. The Balaban J connectivity index is 0.000000143. The van der Waals surface area contributed by atoms with E-state index >= 15 is 0 Å². The lowest BCUT2D eigenvalue weighted by Crippen LogP contribution is -2.46. The first kappa shape index (κ1) is 18.5. The molecular weight excluding hydrogens is 356 g/mol. The monoisotopic (exact) mass is 386 g/mol. The highest BCUT2D eigenvalue weighted by molar-refractivity contribution is 6.90. The highest BCUT2D eigenvalue weighted by Crippen LogP contribution is 2.28. The summed E-state index contributed by atoms with van der Waals surface area (Å²) in [7, 11) is -2.11. The maximum Gasteiger partial charge on any atom is 0.0922 e. The minimum atomic E-state index is -1.27. The van der Waals surface area contributed by atoms with Crippen molar-refractivity contribution in [2.24, 2.45) is 0 Å². The molecule has 0 fully saturated rings. The summed E-state index contributed by atoms with van der Waals surface area (Å²) in [6, 6.07) is 34.4. The fourth-order valence-corrected chi connectivity index (χ4v) is 11.6. The summed E-state index contributed by atoms with van der Waals surface area (Å²) in [5.74, 6) is 0. The van der Waals surface area contributed by atoms with Gasteiger partial charge in [0.15, 0.2) is 0 Å². The number of hydrogen-bond donors (Lipinski definition) is 0. The maximum absolute atomic E-state index is 2.52. The van der Waals surface area contributed by atoms with Crippen LogP contribution in [0.5, 0.6) is 0 Å². The van der Waals surface area contributed by atoms with Crippen LogP contribution in [0.2, 0.25) is 19.6 Å². The lowest BCUT2D eigenvalue weighted by molar-refractivity contribution is 1.35. The third-order valence-electron chi connectivity index (χ3n) is 6.21. The smallest absolute Gasteiger partial charge is 0.0689 e. The summed E-state index contributed by atoms with van der Waals surface area (Å²) in [4.78, 5) is 0. The molecular formula is C25H30Si2. The van der Waals surface area contributed by atoms with Crippen LogP contribution in [0.15, 0.2) is 78.9 Å². The molecule has 0 nitrogen and oxygen atoms in total. The lowest BCUT2D eigenvalue weighted by atomic mass is 10.1. The van der Waals surface area contributed by atoms with Crippen LogP contribution in [0.1, 0.15) is 22.3 Å². The maximum atomic E-state index is 2.52. The first-order valence-corrected chi connectivity index (χ1v) is 16.5. The van der Waals surface area contributed by atoms with Crippen LogP contribution >= 0.6 is 0 Å². The summed E-state index contributed by atoms with van der Waals surface area (Å²) in [5, 5.41) is 1.60. The molecule has 0 bridgehead atoms. The Hall–Kier alpha value is -1.91. The van der Waals surface area contributed by atoms with E-state index in [2.05, 4.69) is 98.5 Å². The molecule has 2 aliphatic heterocycles. The Morgan fingerprint density at radius 3 is 1.30 bits per heavy atom. The second-order valence-corrected chi connectivity index (χ2v) is 18.8. The van der Waals surface area contributed by atoms with Crippen LogP contribution in [0, 0.1) is 0 Å². The van der Waals surface area contributed by atoms with Gasteiger partial charge in [-0.1, -0.05) is 104 Å². The highest BCUT2D eigenvalue weighted by atomic mass is 28.3. The van der Waals surface area contributed by atoms with Crippen molar-refractivity contribution < 1.29 is 0 Å². The van der Waals surface area contributed by atoms with E-state index < -0.39 is 16.1 Å². The summed E-state index contributed by atoms with van der Waals surface area (Å²) >= 11 is 0. The Labute approximate surface area is 166 Å². The van der Waals surface area contributed by atoms with E-state index in [9.17, 15) is 0 Å². The predicted molar refractivity (Wildman–Crippen MR) is 123 cm³/mol. The zero-order chi connectivity index (χ0) is 18.9. The standard InChI is InChI=1S/C15H16Si.C10H14Si/c1-16(15-9-3-2-4-10-15)11-13-7-5-6-8-14(13)12-16;1-11(2)7-9-5-3-4-6-10(9)8-11/h2-10H,11-12H2,1H3;3-6H,7-8H2,1-2H3. The summed E-state index contributed by atoms with van der Waals surface area (Å²) in [6.45, 7) is 7.47. The van der Waals surface area contributed by atoms with Gasteiger partial charge >= 0.3 is 0 Å². The van der Waals surface area contributed by atoms with Crippen LogP contribution in [0.3, 0.4) is 0 Å². The average molecular weight is 387 g/mol. The van der Waals surface area contributed by atoms with Gasteiger partial charge in [-0.05, 0) is 46.4 Å². The van der Waals surface area contributed by atoms with Gasteiger partial charge in [0.2, 0.25) is 0 Å². The molecule has 27 heavy (non-hydrogen) atoms. The molecule has 5 rings (SSSR count). The van der Waals surface area contributed by atoms with Crippen molar-refractivity contribution in [2.45, 2.75) is 43.8 Å². The molecule has 0 radical (unpaired) electrons. The van der Waals surface area contributed by atoms with Gasteiger partial charge in [-0.2, -0.15) is 0 Å². The molecule has 138 valence electrons. The van der Waals surface area contributed by atoms with E-state index in [0.29, 0.717) is 0 Å². The molecule has 0 spiro atoms. The van der Waals surface area contributed by atoms with Crippen molar-refractivity contribution in [2.75, 3.05) is 0 Å². The van der Waals surface area contributed by atoms with Gasteiger partial charge in [-0.25, -0.2) is 0 Å². The predicted octanol–water partition coefficient (Wildman–Crippen LogP) is 5.42. The van der Waals surface area contributed by atoms with Gasteiger partial charge < -0.3 is 0 Å². The average Bonchev–Trinajstić information content (AvgIpc) is 3.17. The fourth-order valence-electron chi connectivity index (χ4n) is 4.85. The van der Waals surface area contributed by atoms with Crippen LogP contribution in [0.4, 0.5) is 0 Å². The SMILES string of the molecule is C[Si]1(C)Cc2ccccc2C1.C[Si]1(c2ccccc2)Cc2ccccc2C1. The van der Waals surface area contributed by atoms with Crippen LogP contribution in [-0.4, -0.2) is 16.1 Å². The molecule has 0 saturated heterocycles.